The molecule has 0 bridgehead atoms. The molecule has 0 aliphatic carbocycles. The first-order valence-electron chi connectivity index (χ1n) is 5.81. The fourth-order valence-electron chi connectivity index (χ4n) is 1.97. The van der Waals surface area contributed by atoms with Crippen molar-refractivity contribution in [2.75, 3.05) is 20.3 Å². The fourth-order valence-corrected chi connectivity index (χ4v) is 1.97. The van der Waals surface area contributed by atoms with Crippen LogP contribution in [0.15, 0.2) is 29.3 Å². The molecule has 0 saturated heterocycles. The molecule has 0 fully saturated rings. The average molecular weight is 260 g/mol. The van der Waals surface area contributed by atoms with E-state index < -0.39 is 0 Å². The highest BCUT2D eigenvalue weighted by atomic mass is 16.6. The smallest absolute Gasteiger partial charge is 0.293 e. The van der Waals surface area contributed by atoms with Crippen LogP contribution in [0, 0.1) is 0 Å². The van der Waals surface area contributed by atoms with Crippen LogP contribution in [-0.2, 0) is 0 Å². The summed E-state index contributed by atoms with van der Waals surface area (Å²) in [5.41, 5.74) is 0.901. The molecule has 6 heteroatoms. The number of H-pyrrole nitrogens is 1. The molecule has 2 heterocycles. The second-order valence-corrected chi connectivity index (χ2v) is 3.97. The van der Waals surface area contributed by atoms with Crippen LogP contribution in [0.3, 0.4) is 0 Å². The second-order valence-electron chi connectivity index (χ2n) is 3.97. The zero-order valence-electron chi connectivity index (χ0n) is 10.3. The summed E-state index contributed by atoms with van der Waals surface area (Å²) in [6.07, 6.45) is 1.34. The van der Waals surface area contributed by atoms with E-state index in [2.05, 4.69) is 9.97 Å². The molecule has 19 heavy (non-hydrogen) atoms. The minimum atomic E-state index is -0.317. The van der Waals surface area contributed by atoms with Crippen molar-refractivity contribution in [3.63, 3.8) is 0 Å². The Morgan fingerprint density at radius 2 is 2.05 bits per heavy atom. The van der Waals surface area contributed by atoms with Gasteiger partial charge in [-0.05, 0) is 18.2 Å². The number of benzene rings is 1. The summed E-state index contributed by atoms with van der Waals surface area (Å²) in [5.74, 6) is 1.52. The van der Waals surface area contributed by atoms with Gasteiger partial charge in [0.05, 0.1) is 13.4 Å². The van der Waals surface area contributed by atoms with Gasteiger partial charge in [-0.2, -0.15) is 0 Å². The molecule has 1 aliphatic rings. The third kappa shape index (κ3) is 2.01. The Morgan fingerprint density at radius 3 is 2.84 bits per heavy atom. The van der Waals surface area contributed by atoms with Crippen molar-refractivity contribution in [3.8, 4) is 28.5 Å². The standard InChI is InChI=1S/C13H12N2O4/c1-17-12-11(14-7-15-13(12)16)8-2-3-9-10(6-8)19-5-4-18-9/h2-3,6-7H,4-5H2,1H3,(H,14,15,16). The number of aromatic nitrogens is 2. The highest BCUT2D eigenvalue weighted by molar-refractivity contribution is 5.68. The molecule has 0 unspecified atom stereocenters. The van der Waals surface area contributed by atoms with Gasteiger partial charge in [0.1, 0.15) is 18.9 Å². The number of hydrogen-bond donors (Lipinski definition) is 1. The quantitative estimate of drug-likeness (QED) is 0.878. The van der Waals surface area contributed by atoms with E-state index in [9.17, 15) is 4.79 Å². The number of ether oxygens (including phenoxy) is 3. The lowest BCUT2D eigenvalue weighted by Gasteiger charge is -2.19. The minimum absolute atomic E-state index is 0.180. The van der Waals surface area contributed by atoms with E-state index in [1.807, 2.05) is 6.07 Å². The number of nitrogens with zero attached hydrogens (tertiary/aromatic N) is 1. The van der Waals surface area contributed by atoms with E-state index >= 15 is 0 Å². The Bertz CT molecular complexity index is 666. The van der Waals surface area contributed by atoms with Crippen molar-refractivity contribution < 1.29 is 14.2 Å². The molecular weight excluding hydrogens is 248 g/mol. The van der Waals surface area contributed by atoms with Crippen LogP contribution in [0.25, 0.3) is 11.3 Å². The average Bonchev–Trinajstić information content (AvgIpc) is 2.46. The van der Waals surface area contributed by atoms with E-state index in [1.54, 1.807) is 12.1 Å². The first kappa shape index (κ1) is 11.6. The Morgan fingerprint density at radius 1 is 1.26 bits per heavy atom. The molecule has 3 rings (SSSR count). The van der Waals surface area contributed by atoms with Gasteiger partial charge in [0.2, 0.25) is 5.75 Å². The maximum Gasteiger partial charge on any atom is 0.293 e. The molecule has 6 nitrogen and oxygen atoms in total. The first-order chi connectivity index (χ1) is 9.29. The Balaban J connectivity index is 2.12. The van der Waals surface area contributed by atoms with Crippen molar-refractivity contribution >= 4 is 0 Å². The van der Waals surface area contributed by atoms with Gasteiger partial charge in [-0.1, -0.05) is 0 Å². The summed E-state index contributed by atoms with van der Waals surface area (Å²) in [6.45, 7) is 1.05. The number of rotatable bonds is 2. The van der Waals surface area contributed by atoms with Gasteiger partial charge in [-0.3, -0.25) is 4.79 Å². The number of aromatic amines is 1. The molecule has 0 atom stereocenters. The van der Waals surface area contributed by atoms with Gasteiger partial charge in [0.15, 0.2) is 11.5 Å². The van der Waals surface area contributed by atoms with Gasteiger partial charge < -0.3 is 19.2 Å². The molecule has 2 aromatic rings. The maximum atomic E-state index is 11.7. The van der Waals surface area contributed by atoms with Crippen molar-refractivity contribution in [1.29, 1.82) is 0 Å². The molecule has 1 N–H and O–H groups in total. The zero-order valence-corrected chi connectivity index (χ0v) is 10.3. The van der Waals surface area contributed by atoms with E-state index in [1.165, 1.54) is 13.4 Å². The first-order valence-corrected chi connectivity index (χ1v) is 5.81. The highest BCUT2D eigenvalue weighted by Crippen LogP contribution is 2.35. The van der Waals surface area contributed by atoms with Crippen LogP contribution in [0.1, 0.15) is 0 Å². The van der Waals surface area contributed by atoms with Crippen molar-refractivity contribution in [3.05, 3.63) is 34.9 Å². The third-order valence-corrected chi connectivity index (χ3v) is 2.83. The van der Waals surface area contributed by atoms with Crippen molar-refractivity contribution in [2.45, 2.75) is 0 Å². The summed E-state index contributed by atoms with van der Waals surface area (Å²) in [7, 11) is 1.44. The molecule has 98 valence electrons. The Hall–Kier alpha value is -2.50. The van der Waals surface area contributed by atoms with E-state index in [0.29, 0.717) is 30.4 Å². The molecule has 0 radical (unpaired) electrons. The van der Waals surface area contributed by atoms with Crippen LogP contribution >= 0.6 is 0 Å². The summed E-state index contributed by atoms with van der Waals surface area (Å²) in [5, 5.41) is 0. The van der Waals surface area contributed by atoms with Gasteiger partial charge in [-0.15, -0.1) is 0 Å². The van der Waals surface area contributed by atoms with Crippen molar-refractivity contribution in [2.24, 2.45) is 0 Å². The van der Waals surface area contributed by atoms with E-state index in [4.69, 9.17) is 14.2 Å². The number of hydrogen-bond acceptors (Lipinski definition) is 5. The molecule has 0 amide bonds. The van der Waals surface area contributed by atoms with E-state index in [-0.39, 0.29) is 11.3 Å². The molecule has 1 aromatic carbocycles. The molecule has 1 aromatic heterocycles. The summed E-state index contributed by atoms with van der Waals surface area (Å²) < 4.78 is 16.1. The Kier molecular flexibility index (Phi) is 2.83. The van der Waals surface area contributed by atoms with Gasteiger partial charge in [0.25, 0.3) is 5.56 Å². The fraction of sp³-hybridized carbons (Fsp3) is 0.231. The van der Waals surface area contributed by atoms with Crippen LogP contribution in [0.5, 0.6) is 17.2 Å². The van der Waals surface area contributed by atoms with Gasteiger partial charge >= 0.3 is 0 Å². The molecular formula is C13H12N2O4. The molecule has 0 saturated carbocycles. The Labute approximate surface area is 109 Å². The summed E-state index contributed by atoms with van der Waals surface area (Å²) in [6, 6.07) is 5.41. The van der Waals surface area contributed by atoms with Gasteiger partial charge in [-0.25, -0.2) is 4.98 Å². The minimum Gasteiger partial charge on any atom is -0.490 e. The van der Waals surface area contributed by atoms with Crippen LogP contribution in [-0.4, -0.2) is 30.3 Å². The second kappa shape index (κ2) is 4.64. The summed E-state index contributed by atoms with van der Waals surface area (Å²) >= 11 is 0. The predicted molar refractivity (Wildman–Crippen MR) is 67.8 cm³/mol. The van der Waals surface area contributed by atoms with Crippen molar-refractivity contribution in [1.82, 2.24) is 9.97 Å². The lowest BCUT2D eigenvalue weighted by molar-refractivity contribution is 0.171. The van der Waals surface area contributed by atoms with Crippen LogP contribution in [0.2, 0.25) is 0 Å². The zero-order chi connectivity index (χ0) is 13.2. The summed E-state index contributed by atoms with van der Waals surface area (Å²) in [4.78, 5) is 18.3. The SMILES string of the molecule is COc1c(-c2ccc3c(c2)OCCO3)nc[nH]c1=O. The number of nitrogens with one attached hydrogen (secondary N) is 1. The van der Waals surface area contributed by atoms with E-state index in [0.717, 1.165) is 5.56 Å². The molecule has 0 spiro atoms. The third-order valence-electron chi connectivity index (χ3n) is 2.83. The number of fused-ring (bicyclic) bond motifs is 1. The number of methoxy groups -OCH3 is 1. The van der Waals surface area contributed by atoms with Crippen LogP contribution < -0.4 is 19.8 Å². The van der Waals surface area contributed by atoms with Crippen LogP contribution in [0.4, 0.5) is 0 Å². The maximum absolute atomic E-state index is 11.7. The van der Waals surface area contributed by atoms with Gasteiger partial charge in [0, 0.05) is 5.56 Å². The topological polar surface area (TPSA) is 73.4 Å². The lowest BCUT2D eigenvalue weighted by atomic mass is 10.1. The normalized spacial score (nSPS) is 13.1. The predicted octanol–water partition coefficient (Wildman–Crippen LogP) is 1.22. The lowest BCUT2D eigenvalue weighted by Crippen LogP contribution is -2.15. The largest absolute Gasteiger partial charge is 0.490 e. The highest BCUT2D eigenvalue weighted by Gasteiger charge is 2.16. The molecule has 1 aliphatic heterocycles. The monoisotopic (exact) mass is 260 g/mol.